The molecular weight excluding hydrogens is 306 g/mol. The van der Waals surface area contributed by atoms with E-state index in [1.807, 2.05) is 6.92 Å². The third-order valence-corrected chi connectivity index (χ3v) is 4.06. The fraction of sp³-hybridized carbons (Fsp3) is 0.533. The van der Waals surface area contributed by atoms with Crippen LogP contribution in [0.2, 0.25) is 5.15 Å². The summed E-state index contributed by atoms with van der Waals surface area (Å²) in [4.78, 5) is 28.8. The minimum absolute atomic E-state index is 0.0282. The zero-order valence-electron chi connectivity index (χ0n) is 12.6. The molecule has 0 aromatic carbocycles. The van der Waals surface area contributed by atoms with Crippen LogP contribution in [-0.4, -0.2) is 43.1 Å². The normalized spacial score (nSPS) is 21.2. The number of anilines is 1. The Kier molecular flexibility index (Phi) is 6.15. The summed E-state index contributed by atoms with van der Waals surface area (Å²) in [5, 5.41) is 3.05. The van der Waals surface area contributed by atoms with Crippen molar-refractivity contribution >= 4 is 29.2 Å². The van der Waals surface area contributed by atoms with Crippen molar-refractivity contribution in [2.45, 2.75) is 19.8 Å². The smallest absolute Gasteiger partial charge is 0.309 e. The van der Waals surface area contributed by atoms with Gasteiger partial charge in [0.05, 0.1) is 31.3 Å². The average Bonchev–Trinajstić information content (AvgIpc) is 2.50. The summed E-state index contributed by atoms with van der Waals surface area (Å²) in [7, 11) is 0. The van der Waals surface area contributed by atoms with Crippen molar-refractivity contribution in [3.63, 3.8) is 0 Å². The Morgan fingerprint density at radius 2 is 2.18 bits per heavy atom. The number of likely N-dealkylation sites (tertiary alicyclic amines) is 1. The van der Waals surface area contributed by atoms with Crippen molar-refractivity contribution < 1.29 is 19.2 Å². The Balaban J connectivity index is 1.77. The van der Waals surface area contributed by atoms with Crippen LogP contribution < -0.4 is 10.2 Å². The third kappa shape index (κ3) is 4.68. The molecule has 1 fully saturated rings. The Bertz CT molecular complexity index is 531. The van der Waals surface area contributed by atoms with E-state index >= 15 is 0 Å². The molecule has 1 aromatic heterocycles. The van der Waals surface area contributed by atoms with E-state index in [4.69, 9.17) is 16.3 Å². The summed E-state index contributed by atoms with van der Waals surface area (Å²) in [5.74, 6) is -0.243. The molecule has 0 radical (unpaired) electrons. The van der Waals surface area contributed by atoms with Crippen molar-refractivity contribution in [2.75, 3.05) is 31.6 Å². The number of aromatic nitrogens is 1. The molecule has 6 nitrogen and oxygen atoms in total. The van der Waals surface area contributed by atoms with Gasteiger partial charge in [-0.25, -0.2) is 4.98 Å². The number of nitrogens with one attached hydrogen (secondary N) is 2. The Morgan fingerprint density at radius 1 is 1.45 bits per heavy atom. The molecule has 2 N–H and O–H groups in total. The number of piperidine rings is 1. The number of quaternary nitrogens is 1. The highest BCUT2D eigenvalue weighted by atomic mass is 35.5. The predicted molar refractivity (Wildman–Crippen MR) is 82.8 cm³/mol. The number of halogens is 1. The third-order valence-electron chi connectivity index (χ3n) is 3.76. The summed E-state index contributed by atoms with van der Waals surface area (Å²) < 4.78 is 5.04. The lowest BCUT2D eigenvalue weighted by Gasteiger charge is -2.27. The van der Waals surface area contributed by atoms with Crippen LogP contribution in [0.4, 0.5) is 5.69 Å². The molecule has 22 heavy (non-hydrogen) atoms. The minimum atomic E-state index is -0.117. The van der Waals surface area contributed by atoms with Crippen LogP contribution in [0.25, 0.3) is 0 Å². The highest BCUT2D eigenvalue weighted by Gasteiger charge is 2.29. The molecule has 1 aliphatic rings. The van der Waals surface area contributed by atoms with Crippen LogP contribution in [0.15, 0.2) is 18.3 Å². The van der Waals surface area contributed by atoms with Gasteiger partial charge in [0.2, 0.25) is 0 Å². The average molecular weight is 327 g/mol. The van der Waals surface area contributed by atoms with Crippen LogP contribution in [0.5, 0.6) is 0 Å². The van der Waals surface area contributed by atoms with E-state index in [0.29, 0.717) is 18.8 Å². The predicted octanol–water partition coefficient (Wildman–Crippen LogP) is 0.531. The van der Waals surface area contributed by atoms with E-state index in [2.05, 4.69) is 10.3 Å². The standard InChI is InChI=1S/C15H20ClN3O3/c1-2-22-15(21)11-5-8-19(9-6-11)10-13(20)18-12-4-3-7-17-14(12)16/h3-4,7,11H,2,5-6,8-10H2,1H3,(H,18,20)/p+1. The van der Waals surface area contributed by atoms with Crippen LogP contribution >= 0.6 is 11.6 Å². The van der Waals surface area contributed by atoms with Gasteiger partial charge in [-0.15, -0.1) is 0 Å². The van der Waals surface area contributed by atoms with E-state index in [0.717, 1.165) is 30.8 Å². The number of hydrogen-bond donors (Lipinski definition) is 2. The summed E-state index contributed by atoms with van der Waals surface area (Å²) in [6, 6.07) is 3.44. The molecule has 0 aliphatic carbocycles. The number of carbonyl (C=O) groups excluding carboxylic acids is 2. The second-order valence-corrected chi connectivity index (χ2v) is 5.70. The zero-order valence-corrected chi connectivity index (χ0v) is 13.4. The SMILES string of the molecule is CCOC(=O)C1CC[NH+](CC(=O)Nc2cccnc2Cl)CC1. The van der Waals surface area contributed by atoms with E-state index < -0.39 is 0 Å². The van der Waals surface area contributed by atoms with Gasteiger partial charge in [-0.05, 0) is 19.1 Å². The van der Waals surface area contributed by atoms with Crippen molar-refractivity contribution in [1.82, 2.24) is 4.98 Å². The first kappa shape index (κ1) is 16.7. The molecule has 2 rings (SSSR count). The fourth-order valence-corrected chi connectivity index (χ4v) is 2.77. The molecule has 2 heterocycles. The van der Waals surface area contributed by atoms with Crippen LogP contribution in [0.1, 0.15) is 19.8 Å². The summed E-state index contributed by atoms with van der Waals surface area (Å²) in [6.45, 7) is 4.17. The first-order valence-corrected chi connectivity index (χ1v) is 7.88. The Labute approximate surface area is 134 Å². The molecule has 0 saturated carbocycles. The van der Waals surface area contributed by atoms with Crippen molar-refractivity contribution in [3.8, 4) is 0 Å². The maximum Gasteiger partial charge on any atom is 0.309 e. The van der Waals surface area contributed by atoms with Gasteiger partial charge >= 0.3 is 5.97 Å². The van der Waals surface area contributed by atoms with Gasteiger partial charge in [0.25, 0.3) is 5.91 Å². The van der Waals surface area contributed by atoms with E-state index in [-0.39, 0.29) is 22.9 Å². The quantitative estimate of drug-likeness (QED) is 0.611. The monoisotopic (exact) mass is 326 g/mol. The Hall–Kier alpha value is -1.66. The molecule has 120 valence electrons. The highest BCUT2D eigenvalue weighted by Crippen LogP contribution is 2.17. The lowest BCUT2D eigenvalue weighted by molar-refractivity contribution is -0.897. The molecule has 1 aromatic rings. The minimum Gasteiger partial charge on any atom is -0.466 e. The van der Waals surface area contributed by atoms with Crippen molar-refractivity contribution in [3.05, 3.63) is 23.5 Å². The maximum absolute atomic E-state index is 12.0. The number of esters is 1. The van der Waals surface area contributed by atoms with Gasteiger partial charge in [0, 0.05) is 19.0 Å². The molecule has 0 bridgehead atoms. The molecule has 1 saturated heterocycles. The van der Waals surface area contributed by atoms with Crippen molar-refractivity contribution in [2.24, 2.45) is 5.92 Å². The molecule has 7 heteroatoms. The van der Waals surface area contributed by atoms with Gasteiger partial charge in [-0.3, -0.25) is 9.59 Å². The molecule has 1 aliphatic heterocycles. The molecule has 0 unspecified atom stereocenters. The molecule has 1 amide bonds. The van der Waals surface area contributed by atoms with Gasteiger partial charge < -0.3 is 15.0 Å². The molecular formula is C15H21ClN3O3+. The number of carbonyl (C=O) groups is 2. The summed E-state index contributed by atoms with van der Waals surface area (Å²) >= 11 is 5.91. The first-order chi connectivity index (χ1) is 10.6. The van der Waals surface area contributed by atoms with Crippen molar-refractivity contribution in [1.29, 1.82) is 0 Å². The number of nitrogens with zero attached hydrogens (tertiary/aromatic N) is 1. The van der Waals surface area contributed by atoms with Gasteiger partial charge in [0.15, 0.2) is 11.7 Å². The fourth-order valence-electron chi connectivity index (χ4n) is 2.60. The first-order valence-electron chi connectivity index (χ1n) is 7.50. The number of ether oxygens (including phenoxy) is 1. The van der Waals surface area contributed by atoms with Gasteiger partial charge in [-0.1, -0.05) is 11.6 Å². The van der Waals surface area contributed by atoms with E-state index in [9.17, 15) is 9.59 Å². The number of pyridine rings is 1. The van der Waals surface area contributed by atoms with Crippen LogP contribution in [0, 0.1) is 5.92 Å². The highest BCUT2D eigenvalue weighted by molar-refractivity contribution is 6.32. The Morgan fingerprint density at radius 3 is 2.82 bits per heavy atom. The topological polar surface area (TPSA) is 72.7 Å². The largest absolute Gasteiger partial charge is 0.466 e. The van der Waals surface area contributed by atoms with E-state index in [1.54, 1.807) is 18.3 Å². The second kappa shape index (κ2) is 8.10. The lowest BCUT2D eigenvalue weighted by atomic mass is 9.97. The van der Waals surface area contributed by atoms with Crippen LogP contribution in [0.3, 0.4) is 0 Å². The summed E-state index contributed by atoms with van der Waals surface area (Å²) in [5.41, 5.74) is 0.523. The number of amides is 1. The van der Waals surface area contributed by atoms with Crippen LogP contribution in [-0.2, 0) is 14.3 Å². The number of hydrogen-bond acceptors (Lipinski definition) is 4. The maximum atomic E-state index is 12.0. The molecule has 0 spiro atoms. The number of rotatable bonds is 5. The van der Waals surface area contributed by atoms with Gasteiger partial charge in [-0.2, -0.15) is 0 Å². The van der Waals surface area contributed by atoms with Gasteiger partial charge in [0.1, 0.15) is 0 Å². The summed E-state index contributed by atoms with van der Waals surface area (Å²) in [6.07, 6.45) is 3.09. The molecule has 0 atom stereocenters. The zero-order chi connectivity index (χ0) is 15.9. The van der Waals surface area contributed by atoms with E-state index in [1.165, 1.54) is 0 Å². The second-order valence-electron chi connectivity index (χ2n) is 5.34. The lowest BCUT2D eigenvalue weighted by Crippen LogP contribution is -3.14.